The molecule has 0 saturated heterocycles. The first kappa shape index (κ1) is 17.7. The maximum Gasteiger partial charge on any atom is 0.140 e. The molecule has 1 saturated carbocycles. The number of hydrogen-bond donors (Lipinski definition) is 0. The largest absolute Gasteiger partial charge is 0.299 e. The molecule has 0 aromatic rings. The summed E-state index contributed by atoms with van der Waals surface area (Å²) in [5, 5.41) is 1.96. The summed E-state index contributed by atoms with van der Waals surface area (Å²) < 4.78 is 0. The minimum atomic E-state index is -1.56. The Balaban J connectivity index is 2.45. The van der Waals surface area contributed by atoms with Gasteiger partial charge in [0.05, 0.1) is 8.07 Å². The van der Waals surface area contributed by atoms with E-state index < -0.39 is 8.07 Å². The molecule has 22 heavy (non-hydrogen) atoms. The fourth-order valence-electron chi connectivity index (χ4n) is 4.33. The highest BCUT2D eigenvalue weighted by Crippen LogP contribution is 2.58. The lowest BCUT2D eigenvalue weighted by molar-refractivity contribution is -0.135. The van der Waals surface area contributed by atoms with Gasteiger partial charge < -0.3 is 0 Å². The second-order valence-electron chi connectivity index (χ2n) is 9.51. The van der Waals surface area contributed by atoms with Gasteiger partial charge in [-0.25, -0.2) is 0 Å². The van der Waals surface area contributed by atoms with E-state index in [0.717, 1.165) is 6.42 Å². The Hall–Kier alpha value is -0.633. The monoisotopic (exact) mass is 318 g/mol. The third-order valence-corrected chi connectivity index (χ3v) is 13.2. The average molecular weight is 319 g/mol. The Morgan fingerprint density at radius 2 is 1.91 bits per heavy atom. The molecule has 0 spiro atoms. The topological polar surface area (TPSA) is 17.1 Å². The van der Waals surface area contributed by atoms with E-state index in [1.807, 2.05) is 0 Å². The number of fused-ring (bicyclic) bond motifs is 1. The van der Waals surface area contributed by atoms with Gasteiger partial charge in [-0.1, -0.05) is 71.1 Å². The molecule has 1 fully saturated rings. The quantitative estimate of drug-likeness (QED) is 0.465. The third-order valence-electron chi connectivity index (χ3n) is 7.38. The molecule has 0 unspecified atom stereocenters. The van der Waals surface area contributed by atoms with Crippen molar-refractivity contribution in [3.63, 3.8) is 0 Å². The smallest absolute Gasteiger partial charge is 0.140 e. The van der Waals surface area contributed by atoms with Crippen LogP contribution in [-0.2, 0) is 4.79 Å². The molecule has 0 aliphatic heterocycles. The van der Waals surface area contributed by atoms with E-state index in [4.69, 9.17) is 0 Å². The number of carbonyl (C=O) groups is 1. The van der Waals surface area contributed by atoms with Gasteiger partial charge in [-0.3, -0.25) is 4.79 Å². The van der Waals surface area contributed by atoms with Crippen molar-refractivity contribution in [3.05, 3.63) is 23.4 Å². The van der Waals surface area contributed by atoms with E-state index >= 15 is 0 Å². The second-order valence-corrected chi connectivity index (χ2v) is 14.8. The van der Waals surface area contributed by atoms with Crippen molar-refractivity contribution in [2.24, 2.45) is 23.2 Å². The predicted molar refractivity (Wildman–Crippen MR) is 98.6 cm³/mol. The Morgan fingerprint density at radius 1 is 1.36 bits per heavy atom. The van der Waals surface area contributed by atoms with Gasteiger partial charge in [-0.05, 0) is 36.1 Å². The second kappa shape index (κ2) is 5.19. The van der Waals surface area contributed by atoms with Gasteiger partial charge in [0.15, 0.2) is 0 Å². The maximum absolute atomic E-state index is 13.0. The molecule has 0 N–H and O–H groups in total. The normalized spacial score (nSPS) is 36.1. The molecule has 124 valence electrons. The van der Waals surface area contributed by atoms with E-state index in [1.54, 1.807) is 5.20 Å². The van der Waals surface area contributed by atoms with Crippen molar-refractivity contribution < 1.29 is 4.79 Å². The minimum absolute atomic E-state index is 0.170. The lowest BCUT2D eigenvalue weighted by Gasteiger charge is -2.45. The molecule has 0 aromatic carbocycles. The van der Waals surface area contributed by atoms with Crippen molar-refractivity contribution in [2.45, 2.75) is 72.5 Å². The third kappa shape index (κ3) is 2.38. The van der Waals surface area contributed by atoms with Crippen LogP contribution in [0.2, 0.25) is 18.1 Å². The molecule has 0 radical (unpaired) electrons. The number of Topliss-reactive ketones (excluding diaryl/α,β-unsaturated/α-hetero) is 1. The first-order chi connectivity index (χ1) is 9.83. The molecular formula is C20H34OSi. The van der Waals surface area contributed by atoms with E-state index in [-0.39, 0.29) is 5.41 Å². The lowest BCUT2D eigenvalue weighted by Crippen LogP contribution is -2.47. The van der Waals surface area contributed by atoms with E-state index in [1.165, 1.54) is 5.57 Å². The molecule has 2 aliphatic carbocycles. The molecule has 1 nitrogen and oxygen atoms in total. The molecule has 0 bridgehead atoms. The summed E-state index contributed by atoms with van der Waals surface area (Å²) in [5.41, 5.74) is 1.01. The zero-order chi connectivity index (χ0) is 17.1. The van der Waals surface area contributed by atoms with Crippen LogP contribution in [0.3, 0.4) is 0 Å². The van der Waals surface area contributed by atoms with Crippen LogP contribution in [0.4, 0.5) is 0 Å². The van der Waals surface area contributed by atoms with Crippen LogP contribution in [0.1, 0.15) is 54.4 Å². The van der Waals surface area contributed by atoms with Crippen molar-refractivity contribution in [3.8, 4) is 0 Å². The van der Waals surface area contributed by atoms with Crippen molar-refractivity contribution in [1.29, 1.82) is 0 Å². The van der Waals surface area contributed by atoms with Crippen LogP contribution in [0.25, 0.3) is 0 Å². The van der Waals surface area contributed by atoms with Crippen LogP contribution in [0.5, 0.6) is 0 Å². The van der Waals surface area contributed by atoms with Crippen molar-refractivity contribution >= 4 is 13.9 Å². The van der Waals surface area contributed by atoms with Gasteiger partial charge in [0.1, 0.15) is 5.78 Å². The summed E-state index contributed by atoms with van der Waals surface area (Å²) in [6, 6.07) is 0. The summed E-state index contributed by atoms with van der Waals surface area (Å²) in [5.74, 6) is 1.66. The van der Waals surface area contributed by atoms with Crippen LogP contribution in [0, 0.1) is 23.2 Å². The average Bonchev–Trinajstić information content (AvgIpc) is 2.63. The van der Waals surface area contributed by atoms with Crippen LogP contribution < -0.4 is 0 Å². The number of allylic oxidation sites excluding steroid dienone is 3. The molecule has 4 atom stereocenters. The maximum atomic E-state index is 13.0. The Kier molecular flexibility index (Phi) is 4.18. The fourth-order valence-corrected chi connectivity index (χ4v) is 7.20. The van der Waals surface area contributed by atoms with Gasteiger partial charge >= 0.3 is 0 Å². The highest BCUT2D eigenvalue weighted by molar-refractivity contribution is 6.87. The van der Waals surface area contributed by atoms with E-state index in [9.17, 15) is 4.79 Å². The zero-order valence-corrected chi connectivity index (χ0v) is 16.8. The van der Waals surface area contributed by atoms with E-state index in [0.29, 0.717) is 35.0 Å². The Labute approximate surface area is 138 Å². The minimum Gasteiger partial charge on any atom is -0.299 e. The Morgan fingerprint density at radius 3 is 2.36 bits per heavy atom. The fraction of sp³-hybridized carbons (Fsp3) is 0.750. The van der Waals surface area contributed by atoms with Gasteiger partial charge in [0.2, 0.25) is 0 Å². The van der Waals surface area contributed by atoms with Gasteiger partial charge in [0, 0.05) is 11.8 Å². The summed E-state index contributed by atoms with van der Waals surface area (Å²) in [6.45, 7) is 22.8. The van der Waals surface area contributed by atoms with Gasteiger partial charge in [-0.15, -0.1) is 0 Å². The first-order valence-corrected chi connectivity index (χ1v) is 11.7. The first-order valence-electron chi connectivity index (χ1n) is 8.74. The molecule has 0 heterocycles. The summed E-state index contributed by atoms with van der Waals surface area (Å²) in [7, 11) is -1.56. The SMILES string of the molecule is C=C(C)[C@H]1CC(=O)[C@@]2(C)[C@H](C=C([Si](C)(C)C(C)(C)C)[C@@H]2C)C1. The van der Waals surface area contributed by atoms with E-state index in [2.05, 4.69) is 67.3 Å². The molecular weight excluding hydrogens is 284 g/mol. The van der Waals surface area contributed by atoms with Crippen LogP contribution in [0.15, 0.2) is 23.4 Å². The Bertz CT molecular complexity index is 534. The molecule has 2 aliphatic rings. The zero-order valence-electron chi connectivity index (χ0n) is 15.8. The summed E-state index contributed by atoms with van der Waals surface area (Å²) in [4.78, 5) is 13.0. The molecule has 0 amide bonds. The standard InChI is InChI=1S/C20H34OSi/c1-13(2)15-10-16-12-17(22(8,9)19(4,5)6)14(3)20(16,7)18(21)11-15/h12,14-16H,1,10-11H2,2-9H3/t14-,15+,16-,20+/m0/s1. The summed E-state index contributed by atoms with van der Waals surface area (Å²) in [6.07, 6.45) is 4.33. The van der Waals surface area contributed by atoms with Crippen LogP contribution >= 0.6 is 0 Å². The van der Waals surface area contributed by atoms with Crippen LogP contribution in [-0.4, -0.2) is 13.9 Å². The van der Waals surface area contributed by atoms with Crippen molar-refractivity contribution in [2.75, 3.05) is 0 Å². The molecule has 2 heteroatoms. The van der Waals surface area contributed by atoms with Gasteiger partial charge in [-0.2, -0.15) is 0 Å². The number of carbonyl (C=O) groups excluding carboxylic acids is 1. The summed E-state index contributed by atoms with van der Waals surface area (Å²) >= 11 is 0. The lowest BCUT2D eigenvalue weighted by atomic mass is 9.61. The number of ketones is 1. The molecule has 0 aromatic heterocycles. The van der Waals surface area contributed by atoms with Gasteiger partial charge in [0.25, 0.3) is 0 Å². The molecule has 2 rings (SSSR count). The number of hydrogen-bond acceptors (Lipinski definition) is 1. The predicted octanol–water partition coefficient (Wildman–Crippen LogP) is 5.79. The van der Waals surface area contributed by atoms with Crippen molar-refractivity contribution in [1.82, 2.24) is 0 Å². The highest BCUT2D eigenvalue weighted by Gasteiger charge is 2.57. The highest BCUT2D eigenvalue weighted by atomic mass is 28.3. The number of rotatable bonds is 2.